The van der Waals surface area contributed by atoms with Crippen molar-refractivity contribution in [2.45, 2.75) is 26.7 Å². The zero-order chi connectivity index (χ0) is 15.2. The van der Waals surface area contributed by atoms with Gasteiger partial charge < -0.3 is 15.7 Å². The normalized spacial score (nSPS) is 10.9. The van der Waals surface area contributed by atoms with Gasteiger partial charge in [-0.05, 0) is 31.0 Å². The van der Waals surface area contributed by atoms with E-state index in [0.717, 1.165) is 4.47 Å². The highest BCUT2D eigenvalue weighted by Crippen LogP contribution is 2.25. The van der Waals surface area contributed by atoms with Gasteiger partial charge in [-0.15, -0.1) is 0 Å². The number of carbonyl (C=O) groups excluding carboxylic acids is 1. The van der Waals surface area contributed by atoms with Gasteiger partial charge in [0, 0.05) is 16.7 Å². The average molecular weight is 343 g/mol. The molecular formula is C14H19BrN2O3. The topological polar surface area (TPSA) is 78.4 Å². The molecule has 2 amide bonds. The molecule has 1 aromatic rings. The Kier molecular flexibility index (Phi) is 6.01. The minimum atomic E-state index is -0.908. The van der Waals surface area contributed by atoms with E-state index < -0.39 is 17.4 Å². The van der Waals surface area contributed by atoms with Gasteiger partial charge in [0.05, 0.1) is 5.41 Å². The lowest BCUT2D eigenvalue weighted by atomic mass is 9.82. The fourth-order valence-corrected chi connectivity index (χ4v) is 2.27. The predicted octanol–water partition coefficient (Wildman–Crippen LogP) is 3.46. The smallest absolute Gasteiger partial charge is 0.319 e. The maximum atomic E-state index is 11.8. The van der Waals surface area contributed by atoms with E-state index >= 15 is 0 Å². The third kappa shape index (κ3) is 4.23. The van der Waals surface area contributed by atoms with Gasteiger partial charge in [0.15, 0.2) is 0 Å². The summed E-state index contributed by atoms with van der Waals surface area (Å²) in [4.78, 5) is 23.1. The average Bonchev–Trinajstić information content (AvgIpc) is 2.40. The molecule has 0 atom stereocenters. The Hall–Kier alpha value is -1.56. The summed E-state index contributed by atoms with van der Waals surface area (Å²) in [6.45, 7) is 3.73. The van der Waals surface area contributed by atoms with Crippen LogP contribution in [0.25, 0.3) is 0 Å². The van der Waals surface area contributed by atoms with Gasteiger partial charge in [-0.3, -0.25) is 4.79 Å². The molecule has 1 rings (SSSR count). The van der Waals surface area contributed by atoms with Crippen molar-refractivity contribution >= 4 is 33.6 Å². The molecule has 0 heterocycles. The number of hydrogen-bond acceptors (Lipinski definition) is 2. The quantitative estimate of drug-likeness (QED) is 0.740. The van der Waals surface area contributed by atoms with Crippen molar-refractivity contribution in [3.8, 4) is 0 Å². The summed E-state index contributed by atoms with van der Waals surface area (Å²) in [6, 6.07) is 6.78. The lowest BCUT2D eigenvalue weighted by Gasteiger charge is -2.26. The molecule has 0 aliphatic carbocycles. The number of aliphatic carboxylic acids is 1. The monoisotopic (exact) mass is 342 g/mol. The van der Waals surface area contributed by atoms with Crippen molar-refractivity contribution in [2.75, 3.05) is 11.9 Å². The number of benzene rings is 1. The number of carboxylic acid groups (broad SMARTS) is 1. The largest absolute Gasteiger partial charge is 0.481 e. The molecule has 5 nitrogen and oxygen atoms in total. The van der Waals surface area contributed by atoms with Gasteiger partial charge in [0.25, 0.3) is 0 Å². The van der Waals surface area contributed by atoms with Gasteiger partial charge >= 0.3 is 12.0 Å². The number of carbonyl (C=O) groups is 2. The molecule has 6 heteroatoms. The summed E-state index contributed by atoms with van der Waals surface area (Å²) in [6.07, 6.45) is 0.937. The van der Waals surface area contributed by atoms with Crippen LogP contribution in [0.15, 0.2) is 28.7 Å². The Morgan fingerprint density at radius 3 is 2.45 bits per heavy atom. The summed E-state index contributed by atoms with van der Waals surface area (Å²) in [5, 5.41) is 14.6. The number of halogens is 1. The molecule has 0 aromatic heterocycles. The van der Waals surface area contributed by atoms with Gasteiger partial charge in [-0.2, -0.15) is 0 Å². The second-order valence-electron chi connectivity index (χ2n) is 4.61. The highest BCUT2D eigenvalue weighted by atomic mass is 79.9. The molecule has 0 bridgehead atoms. The van der Waals surface area contributed by atoms with Crippen molar-refractivity contribution in [3.05, 3.63) is 28.7 Å². The molecule has 3 N–H and O–H groups in total. The zero-order valence-corrected chi connectivity index (χ0v) is 13.2. The first-order valence-corrected chi connectivity index (χ1v) is 7.26. The Balaban J connectivity index is 2.61. The third-order valence-electron chi connectivity index (χ3n) is 3.48. The van der Waals surface area contributed by atoms with E-state index in [0.29, 0.717) is 18.5 Å². The minimum Gasteiger partial charge on any atom is -0.481 e. The van der Waals surface area contributed by atoms with Gasteiger partial charge in [-0.25, -0.2) is 4.79 Å². The van der Waals surface area contributed by atoms with Gasteiger partial charge in [0.2, 0.25) is 0 Å². The Bertz CT molecular complexity index is 487. The molecule has 0 saturated carbocycles. The lowest BCUT2D eigenvalue weighted by molar-refractivity contribution is -0.149. The number of anilines is 1. The molecule has 0 unspecified atom stereocenters. The van der Waals surface area contributed by atoms with E-state index in [2.05, 4.69) is 26.6 Å². The first-order valence-electron chi connectivity index (χ1n) is 6.47. The van der Waals surface area contributed by atoms with Crippen LogP contribution in [0.1, 0.15) is 26.7 Å². The van der Waals surface area contributed by atoms with Crippen LogP contribution in [0.3, 0.4) is 0 Å². The van der Waals surface area contributed by atoms with Gasteiger partial charge in [-0.1, -0.05) is 35.8 Å². The summed E-state index contributed by atoms with van der Waals surface area (Å²) in [5.74, 6) is -0.884. The minimum absolute atomic E-state index is 0.106. The van der Waals surface area contributed by atoms with Crippen LogP contribution >= 0.6 is 15.9 Å². The molecule has 0 spiro atoms. The van der Waals surface area contributed by atoms with E-state index in [9.17, 15) is 14.7 Å². The van der Waals surface area contributed by atoms with Crippen molar-refractivity contribution in [1.82, 2.24) is 5.32 Å². The van der Waals surface area contributed by atoms with Crippen molar-refractivity contribution in [2.24, 2.45) is 5.41 Å². The summed E-state index contributed by atoms with van der Waals surface area (Å²) < 4.78 is 0.859. The molecular weight excluding hydrogens is 324 g/mol. The number of nitrogens with one attached hydrogen (secondary N) is 2. The Morgan fingerprint density at radius 1 is 1.30 bits per heavy atom. The molecule has 0 aliphatic heterocycles. The Morgan fingerprint density at radius 2 is 1.95 bits per heavy atom. The fourth-order valence-electron chi connectivity index (χ4n) is 1.87. The maximum absolute atomic E-state index is 11.8. The van der Waals surface area contributed by atoms with Crippen molar-refractivity contribution in [1.29, 1.82) is 0 Å². The molecule has 0 fully saturated rings. The number of rotatable bonds is 6. The predicted molar refractivity (Wildman–Crippen MR) is 81.8 cm³/mol. The SMILES string of the molecule is CCC(CC)(CNC(=O)Nc1cccc(Br)c1)C(=O)O. The van der Waals surface area contributed by atoms with E-state index in [-0.39, 0.29) is 6.54 Å². The first kappa shape index (κ1) is 16.5. The highest BCUT2D eigenvalue weighted by Gasteiger charge is 2.35. The zero-order valence-electron chi connectivity index (χ0n) is 11.6. The van der Waals surface area contributed by atoms with E-state index in [1.807, 2.05) is 19.9 Å². The summed E-state index contributed by atoms with van der Waals surface area (Å²) in [7, 11) is 0. The van der Waals surface area contributed by atoms with Crippen LogP contribution in [0.4, 0.5) is 10.5 Å². The number of amides is 2. The molecule has 1 aromatic carbocycles. The molecule has 0 saturated heterocycles. The fraction of sp³-hybridized carbons (Fsp3) is 0.429. The molecule has 0 radical (unpaired) electrons. The Labute approximate surface area is 126 Å². The standard InChI is InChI=1S/C14H19BrN2O3/c1-3-14(4-2,12(18)19)9-16-13(20)17-11-7-5-6-10(15)8-11/h5-8H,3-4,9H2,1-2H3,(H,18,19)(H2,16,17,20). The number of hydrogen-bond donors (Lipinski definition) is 3. The van der Waals surface area contributed by atoms with Crippen molar-refractivity contribution in [3.63, 3.8) is 0 Å². The molecule has 20 heavy (non-hydrogen) atoms. The third-order valence-corrected chi connectivity index (χ3v) is 3.97. The number of urea groups is 1. The van der Waals surface area contributed by atoms with Crippen LogP contribution < -0.4 is 10.6 Å². The van der Waals surface area contributed by atoms with Crippen LogP contribution in [0.2, 0.25) is 0 Å². The number of carboxylic acids is 1. The van der Waals surface area contributed by atoms with Crippen LogP contribution in [-0.2, 0) is 4.79 Å². The summed E-state index contributed by atoms with van der Waals surface area (Å²) in [5.41, 5.74) is -0.264. The highest BCUT2D eigenvalue weighted by molar-refractivity contribution is 9.10. The first-order chi connectivity index (χ1) is 9.43. The molecule has 0 aliphatic rings. The lowest BCUT2D eigenvalue weighted by Crippen LogP contribution is -2.43. The van der Waals surface area contributed by atoms with E-state index in [1.54, 1.807) is 18.2 Å². The van der Waals surface area contributed by atoms with Gasteiger partial charge in [0.1, 0.15) is 0 Å². The van der Waals surface area contributed by atoms with Crippen molar-refractivity contribution < 1.29 is 14.7 Å². The van der Waals surface area contributed by atoms with E-state index in [4.69, 9.17) is 0 Å². The van der Waals surface area contributed by atoms with Crippen LogP contribution in [0.5, 0.6) is 0 Å². The second kappa shape index (κ2) is 7.28. The molecule has 110 valence electrons. The summed E-state index contributed by atoms with van der Waals surface area (Å²) >= 11 is 3.31. The second-order valence-corrected chi connectivity index (χ2v) is 5.53. The van der Waals surface area contributed by atoms with Crippen LogP contribution in [0, 0.1) is 5.41 Å². The maximum Gasteiger partial charge on any atom is 0.319 e. The van der Waals surface area contributed by atoms with Crippen LogP contribution in [-0.4, -0.2) is 23.7 Å². The van der Waals surface area contributed by atoms with E-state index in [1.165, 1.54) is 0 Å².